The molecule has 8 heteroatoms. The van der Waals surface area contributed by atoms with Gasteiger partial charge < -0.3 is 15.5 Å². The third-order valence-corrected chi connectivity index (χ3v) is 2.65. The second-order valence-corrected chi connectivity index (χ2v) is 4.29. The maximum atomic E-state index is 5.38. The third-order valence-electron chi connectivity index (χ3n) is 2.65. The molecule has 0 saturated carbocycles. The molecule has 0 aliphatic carbocycles. The molecule has 0 amide bonds. The summed E-state index contributed by atoms with van der Waals surface area (Å²) >= 11 is 0. The van der Waals surface area contributed by atoms with E-state index in [-0.39, 0.29) is 0 Å². The van der Waals surface area contributed by atoms with Crippen molar-refractivity contribution in [3.05, 3.63) is 29.8 Å². The van der Waals surface area contributed by atoms with Crippen LogP contribution in [0.15, 0.2) is 18.3 Å². The second kappa shape index (κ2) is 6.83. The molecule has 0 bridgehead atoms. The molecule has 108 valence electrons. The number of hydrogen-bond acceptors (Lipinski definition) is 7. The molecule has 2 rings (SSSR count). The fraction of sp³-hybridized carbons (Fsp3) is 0.417. The summed E-state index contributed by atoms with van der Waals surface area (Å²) in [5.74, 6) is 7.21. The molecule has 0 aliphatic rings. The summed E-state index contributed by atoms with van der Waals surface area (Å²) in [5, 5.41) is 7.54. The number of nitrogens with zero attached hydrogens (tertiary/aromatic N) is 4. The minimum Gasteiger partial charge on any atom is -0.377 e. The summed E-state index contributed by atoms with van der Waals surface area (Å²) in [6.07, 6.45) is 2.74. The van der Waals surface area contributed by atoms with Crippen LogP contribution in [0.3, 0.4) is 0 Å². The molecule has 2 aromatic rings. The fourth-order valence-corrected chi connectivity index (χ4v) is 1.77. The Hall–Kier alpha value is -2.19. The normalized spacial score (nSPS) is 10.6. The van der Waals surface area contributed by atoms with Crippen molar-refractivity contribution >= 4 is 11.6 Å². The van der Waals surface area contributed by atoms with Gasteiger partial charge in [-0.2, -0.15) is 5.10 Å². The maximum absolute atomic E-state index is 5.38. The third kappa shape index (κ3) is 3.90. The lowest BCUT2D eigenvalue weighted by molar-refractivity contribution is 0.178. The van der Waals surface area contributed by atoms with E-state index >= 15 is 0 Å². The molecular weight excluding hydrogens is 258 g/mol. The van der Waals surface area contributed by atoms with Crippen molar-refractivity contribution in [2.75, 3.05) is 24.4 Å². The zero-order valence-corrected chi connectivity index (χ0v) is 11.6. The Morgan fingerprint density at radius 2 is 2.15 bits per heavy atom. The Balaban J connectivity index is 1.95. The van der Waals surface area contributed by atoms with Gasteiger partial charge in [0.05, 0.1) is 5.69 Å². The van der Waals surface area contributed by atoms with E-state index in [9.17, 15) is 0 Å². The van der Waals surface area contributed by atoms with E-state index in [1.165, 1.54) is 0 Å². The van der Waals surface area contributed by atoms with Gasteiger partial charge >= 0.3 is 0 Å². The van der Waals surface area contributed by atoms with Crippen molar-refractivity contribution < 1.29 is 4.74 Å². The van der Waals surface area contributed by atoms with E-state index in [1.807, 2.05) is 19.3 Å². The number of rotatable bonds is 7. The summed E-state index contributed by atoms with van der Waals surface area (Å²) in [7, 11) is 3.50. The molecule has 2 heterocycles. The van der Waals surface area contributed by atoms with Gasteiger partial charge in [-0.3, -0.25) is 4.68 Å². The number of anilines is 2. The average Bonchev–Trinajstić information content (AvgIpc) is 2.84. The quantitative estimate of drug-likeness (QED) is 0.494. The first-order valence-electron chi connectivity index (χ1n) is 6.27. The Bertz CT molecular complexity index is 554. The van der Waals surface area contributed by atoms with Gasteiger partial charge in [0.15, 0.2) is 5.82 Å². The van der Waals surface area contributed by atoms with Crippen LogP contribution in [-0.2, 0) is 24.8 Å². The van der Waals surface area contributed by atoms with Gasteiger partial charge in [0.2, 0.25) is 0 Å². The first-order valence-corrected chi connectivity index (χ1v) is 6.27. The maximum Gasteiger partial charge on any atom is 0.158 e. The number of aromatic nitrogens is 4. The van der Waals surface area contributed by atoms with Crippen molar-refractivity contribution in [2.45, 2.75) is 13.0 Å². The van der Waals surface area contributed by atoms with E-state index < -0.39 is 0 Å². The first-order chi connectivity index (χ1) is 9.71. The highest BCUT2D eigenvalue weighted by Crippen LogP contribution is 2.11. The SMILES string of the molecule is COCc1nc(NN)cc(NCCc2ccn(C)n2)n1. The first kappa shape index (κ1) is 14.2. The van der Waals surface area contributed by atoms with Crippen LogP contribution < -0.4 is 16.6 Å². The molecule has 0 radical (unpaired) electrons. The van der Waals surface area contributed by atoms with Crippen LogP contribution in [-0.4, -0.2) is 33.4 Å². The topological polar surface area (TPSA) is 103 Å². The van der Waals surface area contributed by atoms with Crippen LogP contribution in [0.1, 0.15) is 11.5 Å². The number of nitrogen functional groups attached to an aromatic ring is 1. The van der Waals surface area contributed by atoms with Gasteiger partial charge in [-0.1, -0.05) is 0 Å². The van der Waals surface area contributed by atoms with Gasteiger partial charge in [0.1, 0.15) is 18.2 Å². The Morgan fingerprint density at radius 3 is 2.80 bits per heavy atom. The van der Waals surface area contributed by atoms with Crippen molar-refractivity contribution in [1.82, 2.24) is 19.7 Å². The van der Waals surface area contributed by atoms with E-state index in [2.05, 4.69) is 25.8 Å². The molecule has 20 heavy (non-hydrogen) atoms. The summed E-state index contributed by atoms with van der Waals surface area (Å²) in [5.41, 5.74) is 3.55. The van der Waals surface area contributed by atoms with Gasteiger partial charge in [-0.15, -0.1) is 0 Å². The number of hydrogen-bond donors (Lipinski definition) is 3. The summed E-state index contributed by atoms with van der Waals surface area (Å²) in [4.78, 5) is 8.52. The predicted molar refractivity (Wildman–Crippen MR) is 76.0 cm³/mol. The largest absolute Gasteiger partial charge is 0.377 e. The predicted octanol–water partition coefficient (Wildman–Crippen LogP) is 0.297. The smallest absolute Gasteiger partial charge is 0.158 e. The number of nitrogens with two attached hydrogens (primary N) is 1. The molecule has 8 nitrogen and oxygen atoms in total. The molecule has 2 aromatic heterocycles. The van der Waals surface area contributed by atoms with E-state index in [0.717, 1.165) is 18.7 Å². The molecule has 0 spiro atoms. The zero-order valence-electron chi connectivity index (χ0n) is 11.6. The van der Waals surface area contributed by atoms with E-state index in [4.69, 9.17) is 10.6 Å². The molecular formula is C12H19N7O. The fourth-order valence-electron chi connectivity index (χ4n) is 1.77. The highest BCUT2D eigenvalue weighted by atomic mass is 16.5. The summed E-state index contributed by atoms with van der Waals surface area (Å²) in [6, 6.07) is 3.74. The van der Waals surface area contributed by atoms with Gasteiger partial charge in [0.25, 0.3) is 0 Å². The van der Waals surface area contributed by atoms with E-state index in [1.54, 1.807) is 17.9 Å². The van der Waals surface area contributed by atoms with Crippen molar-refractivity contribution in [3.63, 3.8) is 0 Å². The number of methoxy groups -OCH3 is 1. The minimum absolute atomic E-state index is 0.338. The number of nitrogens with one attached hydrogen (secondary N) is 2. The van der Waals surface area contributed by atoms with Crippen molar-refractivity contribution in [3.8, 4) is 0 Å². The molecule has 0 unspecified atom stereocenters. The monoisotopic (exact) mass is 277 g/mol. The molecule has 0 aromatic carbocycles. The zero-order chi connectivity index (χ0) is 14.4. The lowest BCUT2D eigenvalue weighted by atomic mass is 10.3. The summed E-state index contributed by atoms with van der Waals surface area (Å²) < 4.78 is 6.81. The van der Waals surface area contributed by atoms with Crippen LogP contribution in [0.5, 0.6) is 0 Å². The van der Waals surface area contributed by atoms with Crippen LogP contribution in [0.2, 0.25) is 0 Å². The average molecular weight is 277 g/mol. The van der Waals surface area contributed by atoms with E-state index in [0.29, 0.717) is 24.1 Å². The Kier molecular flexibility index (Phi) is 4.85. The highest BCUT2D eigenvalue weighted by molar-refractivity contribution is 5.46. The minimum atomic E-state index is 0.338. The Morgan fingerprint density at radius 1 is 1.35 bits per heavy atom. The van der Waals surface area contributed by atoms with Crippen LogP contribution >= 0.6 is 0 Å². The van der Waals surface area contributed by atoms with Crippen molar-refractivity contribution in [1.29, 1.82) is 0 Å². The molecule has 0 fully saturated rings. The lowest BCUT2D eigenvalue weighted by Crippen LogP contribution is -2.13. The van der Waals surface area contributed by atoms with Crippen LogP contribution in [0.25, 0.3) is 0 Å². The summed E-state index contributed by atoms with van der Waals surface area (Å²) in [6.45, 7) is 1.06. The van der Waals surface area contributed by atoms with Crippen LogP contribution in [0.4, 0.5) is 11.6 Å². The second-order valence-electron chi connectivity index (χ2n) is 4.29. The standard InChI is InChI=1S/C12H19N7O/c1-19-6-4-9(18-19)3-5-14-10-7-11(17-13)16-12(15-10)8-20-2/h4,6-7H,3,5,8,13H2,1-2H3,(H2,14,15,16,17). The molecule has 0 aliphatic heterocycles. The van der Waals surface area contributed by atoms with Gasteiger partial charge in [0, 0.05) is 39.4 Å². The van der Waals surface area contributed by atoms with Gasteiger partial charge in [-0.05, 0) is 6.07 Å². The highest BCUT2D eigenvalue weighted by Gasteiger charge is 2.04. The lowest BCUT2D eigenvalue weighted by Gasteiger charge is -2.08. The number of aryl methyl sites for hydroxylation is 1. The number of ether oxygens (including phenoxy) is 1. The number of hydrazine groups is 1. The Labute approximate surface area is 117 Å². The van der Waals surface area contributed by atoms with Gasteiger partial charge in [-0.25, -0.2) is 15.8 Å². The molecule has 4 N–H and O–H groups in total. The van der Waals surface area contributed by atoms with Crippen molar-refractivity contribution in [2.24, 2.45) is 12.9 Å². The molecule has 0 atom stereocenters. The van der Waals surface area contributed by atoms with Crippen LogP contribution in [0, 0.1) is 0 Å². The molecule has 0 saturated heterocycles.